The van der Waals surface area contributed by atoms with Gasteiger partial charge in [-0.25, -0.2) is 24.6 Å². The Morgan fingerprint density at radius 1 is 0.357 bits per heavy atom. The number of benzene rings is 9. The number of piperazine rings is 3. The number of aromatic hydroxyl groups is 3. The lowest BCUT2D eigenvalue weighted by Crippen LogP contribution is -2.48. The molecule has 25 heteroatoms. The minimum Gasteiger partial charge on any atom is -0.494 e. The van der Waals surface area contributed by atoms with Crippen molar-refractivity contribution in [2.45, 2.75) is 0 Å². The number of hydrogen-bond donors (Lipinski definition) is 7. The Kier molecular flexibility index (Phi) is 25.6. The number of aromatic carboxylic acids is 1. The Balaban J connectivity index is 0.000000150. The van der Waals surface area contributed by atoms with Crippen LogP contribution in [0, 0.1) is 0 Å². The molecule has 9 aromatic carbocycles. The SMILES string of the molecule is CN1CCN(CC(=O)N(C)c2ccc(N=C(c3ccccc3)c3c(O)[nH]c4ccc(C(=O)O)cc34)cc2)CC1.CN1CCN(CC(=O)N(C)c2ccc(N=C(c3ccccc3)c3c(O)[nH]c4ccccc34)cc2)CC1.COC(=O)c1ccc2[nH]c(O)c(C(=Nc3ccc(N(C)C(=O)CN4CCN(C)CC4)cc3)c3ccccc3)c2c1. The number of aromatic amines is 3. The molecule has 0 aliphatic carbocycles. The molecule has 3 aliphatic heterocycles. The van der Waals surface area contributed by atoms with Gasteiger partial charge in [0.25, 0.3) is 0 Å². The van der Waals surface area contributed by atoms with Crippen molar-refractivity contribution in [3.63, 3.8) is 0 Å². The number of aromatic nitrogens is 3. The fourth-order valence-corrected chi connectivity index (χ4v) is 14.1. The number of nitrogens with one attached hydrogen (secondary N) is 3. The number of carbonyl (C=O) groups excluding carboxylic acids is 4. The first kappa shape index (κ1) is 80.2. The van der Waals surface area contributed by atoms with Crippen molar-refractivity contribution in [1.29, 1.82) is 0 Å². The number of carbonyl (C=O) groups is 5. The van der Waals surface area contributed by atoms with Gasteiger partial charge in [0.2, 0.25) is 17.7 Å². The van der Waals surface area contributed by atoms with Crippen LogP contribution < -0.4 is 14.7 Å². The number of ether oxygens (including phenoxy) is 1. The van der Waals surface area contributed by atoms with Crippen LogP contribution in [-0.2, 0) is 19.1 Å². The highest BCUT2D eigenvalue weighted by molar-refractivity contribution is 6.24. The van der Waals surface area contributed by atoms with Crippen LogP contribution in [0.5, 0.6) is 17.6 Å². The Labute approximate surface area is 667 Å². The lowest BCUT2D eigenvalue weighted by Gasteiger charge is -2.32. The van der Waals surface area contributed by atoms with E-state index in [0.717, 1.165) is 129 Å². The predicted molar refractivity (Wildman–Crippen MR) is 455 cm³/mol. The monoisotopic (exact) mass is 1550 g/mol. The summed E-state index contributed by atoms with van der Waals surface area (Å²) < 4.78 is 4.89. The number of carboxylic acids is 1. The third-order valence-corrected chi connectivity index (χ3v) is 21.2. The predicted octanol–water partition coefficient (Wildman–Crippen LogP) is 12.2. The van der Waals surface area contributed by atoms with E-state index >= 15 is 0 Å². The topological polar surface area (TPSA) is 289 Å². The van der Waals surface area contributed by atoms with Crippen LogP contribution in [-0.4, -0.2) is 259 Å². The van der Waals surface area contributed by atoms with Crippen molar-refractivity contribution in [3.8, 4) is 17.6 Å². The van der Waals surface area contributed by atoms with E-state index in [1.807, 2.05) is 195 Å². The summed E-state index contributed by atoms with van der Waals surface area (Å²) in [5.41, 5.74) is 12.7. The fraction of sp³-hybridized carbons (Fsp3) is 0.244. The molecular weight excluding hydrogens is 1450 g/mol. The number of esters is 1. The average Bonchev–Trinajstić information content (AvgIpc) is 1.64. The van der Waals surface area contributed by atoms with Gasteiger partial charge >= 0.3 is 11.9 Å². The molecule has 590 valence electrons. The van der Waals surface area contributed by atoms with Crippen LogP contribution in [0.2, 0.25) is 0 Å². The van der Waals surface area contributed by atoms with Crippen LogP contribution in [0.3, 0.4) is 0 Å². The van der Waals surface area contributed by atoms with Crippen molar-refractivity contribution >= 4 is 114 Å². The van der Waals surface area contributed by atoms with Gasteiger partial charge in [0, 0.05) is 166 Å². The van der Waals surface area contributed by atoms with Gasteiger partial charge in [0.05, 0.1) is 88.8 Å². The summed E-state index contributed by atoms with van der Waals surface area (Å²) in [7, 11) is 13.0. The van der Waals surface area contributed by atoms with Crippen molar-refractivity contribution in [1.82, 2.24) is 44.4 Å². The number of amides is 3. The molecule has 3 fully saturated rings. The van der Waals surface area contributed by atoms with Crippen LogP contribution in [0.25, 0.3) is 32.7 Å². The Hall–Kier alpha value is -12.9. The molecule has 0 spiro atoms. The van der Waals surface area contributed by atoms with Crippen LogP contribution in [0.1, 0.15) is 54.1 Å². The largest absolute Gasteiger partial charge is 0.494 e. The second-order valence-corrected chi connectivity index (χ2v) is 29.0. The van der Waals surface area contributed by atoms with Crippen molar-refractivity contribution < 1.29 is 49.1 Å². The van der Waals surface area contributed by atoms with Crippen LogP contribution >= 0.6 is 0 Å². The Bertz CT molecular complexity index is 5510. The number of aliphatic imine (C=N–C) groups is 3. The third kappa shape index (κ3) is 19.4. The summed E-state index contributed by atoms with van der Waals surface area (Å²) >= 11 is 0. The molecule has 3 saturated heterocycles. The average molecular weight is 1550 g/mol. The van der Waals surface area contributed by atoms with Gasteiger partial charge in [0.1, 0.15) is 0 Å². The van der Waals surface area contributed by atoms with E-state index < -0.39 is 11.9 Å². The second kappa shape index (κ2) is 36.7. The molecule has 0 atom stereocenters. The molecule has 0 bridgehead atoms. The molecule has 3 aromatic heterocycles. The van der Waals surface area contributed by atoms with Crippen LogP contribution in [0.15, 0.2) is 239 Å². The third-order valence-electron chi connectivity index (χ3n) is 21.2. The zero-order chi connectivity index (χ0) is 80.8. The van der Waals surface area contributed by atoms with E-state index in [4.69, 9.17) is 19.7 Å². The molecule has 3 aliphatic rings. The van der Waals surface area contributed by atoms with Crippen molar-refractivity contribution in [2.24, 2.45) is 15.0 Å². The van der Waals surface area contributed by atoms with Gasteiger partial charge in [-0.05, 0) is 136 Å². The van der Waals surface area contributed by atoms with E-state index in [-0.39, 0.29) is 40.9 Å². The van der Waals surface area contributed by atoms with Gasteiger partial charge in [-0.1, -0.05) is 109 Å². The summed E-state index contributed by atoms with van der Waals surface area (Å²) in [6.45, 7) is 12.3. The fourth-order valence-electron chi connectivity index (χ4n) is 14.1. The maximum absolute atomic E-state index is 12.9. The number of hydrogen-bond acceptors (Lipinski definition) is 18. The first-order chi connectivity index (χ1) is 55.6. The number of likely N-dealkylation sites (N-methyl/N-ethyl adjacent to an activating group) is 6. The van der Waals surface area contributed by atoms with Gasteiger partial charge in [-0.3, -0.25) is 29.1 Å². The number of methoxy groups -OCH3 is 1. The maximum atomic E-state index is 12.9. The van der Waals surface area contributed by atoms with E-state index in [9.17, 15) is 44.4 Å². The zero-order valence-corrected chi connectivity index (χ0v) is 65.6. The number of carboxylic acid groups (broad SMARTS) is 1. The lowest BCUT2D eigenvalue weighted by molar-refractivity contribution is -0.120. The molecule has 115 heavy (non-hydrogen) atoms. The summed E-state index contributed by atoms with van der Waals surface area (Å²) in [4.78, 5) is 105. The summed E-state index contributed by atoms with van der Waals surface area (Å²) in [6.07, 6.45) is 0. The number of para-hydroxylation sites is 1. The highest BCUT2D eigenvalue weighted by atomic mass is 16.5. The number of H-pyrrole nitrogens is 3. The minimum absolute atomic E-state index is 0.0266. The summed E-state index contributed by atoms with van der Waals surface area (Å²) in [5, 5.41) is 44.2. The smallest absolute Gasteiger partial charge is 0.337 e. The molecule has 3 amide bonds. The minimum atomic E-state index is -1.05. The van der Waals surface area contributed by atoms with E-state index in [0.29, 0.717) is 92.2 Å². The molecule has 25 nitrogen and oxygen atoms in total. The van der Waals surface area contributed by atoms with Gasteiger partial charge < -0.3 is 69.5 Å². The number of fused-ring (bicyclic) bond motifs is 3. The molecule has 0 unspecified atom stereocenters. The quantitative estimate of drug-likeness (QED) is 0.0276. The summed E-state index contributed by atoms with van der Waals surface area (Å²) in [5.74, 6) is -1.44. The normalized spacial score (nSPS) is 15.0. The number of anilines is 3. The standard InChI is InChI=1S/C31H33N5O4.C30H31N5O4.C29H31N5O2/c1-34-15-17-36(18-16-34)20-27(37)35(2)24-12-10-23(11-13-24)32-29(21-7-5-4-6-8-21)28-25-19-22(31(39)40-3)9-14-26(25)33-30(28)38;1-33-14-16-35(17-15-33)19-26(36)34(2)23-11-9-22(10-12-23)31-28(20-6-4-3-5-7-20)27-24-18-21(30(38)39)8-13-25(24)32-29(27)37;1-32-16-18-34(19-17-32)20-26(35)33(2)23-14-12-22(13-15-23)30-28(21-8-4-3-5-9-21)27-24-10-6-7-11-25(24)31-29(27)36/h4-14,19,33,38H,15-18,20H2,1-3H3;3-13,18,32,37H,14-17,19H2,1-2H3,(H,38,39);3-15,31,36H,16-20H2,1-2H3. The molecule has 15 rings (SSSR count). The summed E-state index contributed by atoms with van der Waals surface area (Å²) in [6, 6.07) is 68.8. The number of rotatable bonds is 20. The first-order valence-electron chi connectivity index (χ1n) is 38.2. The van der Waals surface area contributed by atoms with E-state index in [2.05, 4.69) is 65.5 Å². The molecule has 7 N–H and O–H groups in total. The van der Waals surface area contributed by atoms with E-state index in [1.54, 1.807) is 53.1 Å². The molecular formula is C90H95N15O10. The second-order valence-electron chi connectivity index (χ2n) is 29.0. The van der Waals surface area contributed by atoms with Gasteiger partial charge in [-0.2, -0.15) is 0 Å². The highest BCUT2D eigenvalue weighted by Gasteiger charge is 2.27. The van der Waals surface area contributed by atoms with E-state index in [1.165, 1.54) is 19.2 Å². The molecule has 6 heterocycles. The van der Waals surface area contributed by atoms with Crippen molar-refractivity contribution in [3.05, 3.63) is 269 Å². The zero-order valence-electron chi connectivity index (χ0n) is 65.6. The van der Waals surface area contributed by atoms with Crippen molar-refractivity contribution in [2.75, 3.05) is 162 Å². The lowest BCUT2D eigenvalue weighted by atomic mass is 9.99. The molecule has 0 radical (unpaired) electrons. The van der Waals surface area contributed by atoms with Gasteiger partial charge in [-0.15, -0.1) is 0 Å². The first-order valence-corrected chi connectivity index (χ1v) is 38.2. The van der Waals surface area contributed by atoms with Gasteiger partial charge in [0.15, 0.2) is 17.6 Å². The maximum Gasteiger partial charge on any atom is 0.337 e. The number of nitrogens with zero attached hydrogens (tertiary/aromatic N) is 12. The Morgan fingerprint density at radius 2 is 0.643 bits per heavy atom. The highest BCUT2D eigenvalue weighted by Crippen LogP contribution is 2.37. The Morgan fingerprint density at radius 3 is 0.965 bits per heavy atom. The van der Waals surface area contributed by atoms with Crippen LogP contribution in [0.4, 0.5) is 34.1 Å². The molecule has 12 aromatic rings. The molecule has 0 saturated carbocycles.